The molecule has 0 saturated carbocycles. The van der Waals surface area contributed by atoms with Gasteiger partial charge in [-0.15, -0.1) is 0 Å². The zero-order valence-electron chi connectivity index (χ0n) is 7.22. The summed E-state index contributed by atoms with van der Waals surface area (Å²) in [5, 5.41) is 2.88. The molecule has 1 N–H and O–H groups in total. The first-order chi connectivity index (χ1) is 5.20. The lowest BCUT2D eigenvalue weighted by atomic mass is 10.4. The summed E-state index contributed by atoms with van der Waals surface area (Å²) in [7, 11) is 1.80. The monoisotopic (exact) mass is 161 g/mol. The van der Waals surface area contributed by atoms with Crippen LogP contribution in [-0.2, 0) is 9.47 Å². The normalized spacial score (nSPS) is 12.3. The Kier molecular flexibility index (Phi) is 5.56. The van der Waals surface area contributed by atoms with Crippen LogP contribution in [0.15, 0.2) is 0 Å². The third-order valence-corrected chi connectivity index (χ3v) is 1.05. The molecule has 0 saturated heterocycles. The molecule has 0 radical (unpaired) electrons. The van der Waals surface area contributed by atoms with Gasteiger partial charge in [-0.2, -0.15) is 0 Å². The molecule has 1 atom stereocenters. The average Bonchev–Trinajstić information content (AvgIpc) is 1.87. The van der Waals surface area contributed by atoms with E-state index in [-0.39, 0.29) is 6.10 Å². The molecule has 0 rings (SSSR count). The molecule has 4 nitrogen and oxygen atoms in total. The van der Waals surface area contributed by atoms with E-state index in [0.29, 0.717) is 13.2 Å². The Labute approximate surface area is 66.9 Å². The Balaban J connectivity index is 3.40. The zero-order chi connectivity index (χ0) is 8.69. The Bertz CT molecular complexity index is 116. The summed E-state index contributed by atoms with van der Waals surface area (Å²) >= 11 is 0. The number of hydrogen-bond acceptors (Lipinski definition) is 4. The van der Waals surface area contributed by atoms with Crippen molar-refractivity contribution >= 4 is 6.16 Å². The predicted octanol–water partition coefficient (Wildman–Crippen LogP) is 0.767. The van der Waals surface area contributed by atoms with Crippen LogP contribution < -0.4 is 5.32 Å². The van der Waals surface area contributed by atoms with Gasteiger partial charge in [-0.3, -0.25) is 0 Å². The first kappa shape index (κ1) is 10.2. The summed E-state index contributed by atoms with van der Waals surface area (Å²) in [5.74, 6) is 0. The first-order valence-electron chi connectivity index (χ1n) is 3.68. The van der Waals surface area contributed by atoms with Crippen molar-refractivity contribution in [2.24, 2.45) is 0 Å². The molecule has 0 amide bonds. The van der Waals surface area contributed by atoms with Crippen LogP contribution in [-0.4, -0.2) is 32.5 Å². The van der Waals surface area contributed by atoms with E-state index in [0.717, 1.165) is 0 Å². The highest BCUT2D eigenvalue weighted by Gasteiger charge is 2.07. The molecule has 0 aliphatic heterocycles. The van der Waals surface area contributed by atoms with Gasteiger partial charge >= 0.3 is 6.16 Å². The van der Waals surface area contributed by atoms with E-state index in [4.69, 9.17) is 4.74 Å². The fourth-order valence-corrected chi connectivity index (χ4v) is 0.645. The summed E-state index contributed by atoms with van der Waals surface area (Å²) in [6, 6.07) is 0. The highest BCUT2D eigenvalue weighted by Crippen LogP contribution is 1.92. The maximum Gasteiger partial charge on any atom is 0.508 e. The number of carbonyl (C=O) groups excluding carboxylic acids is 1. The standard InChI is InChI=1S/C7H15NO3/c1-4-10-7(9)11-6(2)5-8-3/h6,8H,4-5H2,1-3H3. The second-order valence-electron chi connectivity index (χ2n) is 2.17. The molecule has 0 aromatic carbocycles. The van der Waals surface area contributed by atoms with Crippen molar-refractivity contribution in [3.63, 3.8) is 0 Å². The van der Waals surface area contributed by atoms with E-state index in [2.05, 4.69) is 10.1 Å². The molecule has 0 bridgehead atoms. The number of likely N-dealkylation sites (N-methyl/N-ethyl adjacent to an activating group) is 1. The summed E-state index contributed by atoms with van der Waals surface area (Å²) in [5.41, 5.74) is 0. The molecule has 66 valence electrons. The van der Waals surface area contributed by atoms with Gasteiger partial charge in [0.1, 0.15) is 6.10 Å². The van der Waals surface area contributed by atoms with Crippen LogP contribution in [0.2, 0.25) is 0 Å². The first-order valence-corrected chi connectivity index (χ1v) is 3.68. The number of nitrogens with one attached hydrogen (secondary N) is 1. The van der Waals surface area contributed by atoms with Crippen LogP contribution in [0.5, 0.6) is 0 Å². The molecule has 0 spiro atoms. The van der Waals surface area contributed by atoms with Gasteiger partial charge in [0, 0.05) is 6.54 Å². The molecule has 0 heterocycles. The van der Waals surface area contributed by atoms with Gasteiger partial charge in [-0.25, -0.2) is 4.79 Å². The Hall–Kier alpha value is -0.770. The quantitative estimate of drug-likeness (QED) is 0.618. The van der Waals surface area contributed by atoms with Gasteiger partial charge < -0.3 is 14.8 Å². The van der Waals surface area contributed by atoms with Crippen molar-refractivity contribution < 1.29 is 14.3 Å². The number of carbonyl (C=O) groups is 1. The van der Waals surface area contributed by atoms with E-state index in [1.165, 1.54) is 0 Å². The van der Waals surface area contributed by atoms with Crippen LogP contribution in [0.3, 0.4) is 0 Å². The highest BCUT2D eigenvalue weighted by atomic mass is 16.7. The summed E-state index contributed by atoms with van der Waals surface area (Å²) in [6.07, 6.45) is -0.741. The third kappa shape index (κ3) is 5.66. The minimum Gasteiger partial charge on any atom is -0.435 e. The summed E-state index contributed by atoms with van der Waals surface area (Å²) < 4.78 is 9.38. The Morgan fingerprint density at radius 3 is 2.73 bits per heavy atom. The largest absolute Gasteiger partial charge is 0.508 e. The number of hydrogen-bond donors (Lipinski definition) is 1. The smallest absolute Gasteiger partial charge is 0.435 e. The maximum atomic E-state index is 10.7. The fourth-order valence-electron chi connectivity index (χ4n) is 0.645. The lowest BCUT2D eigenvalue weighted by Crippen LogP contribution is -2.26. The van der Waals surface area contributed by atoms with Gasteiger partial charge in [-0.1, -0.05) is 0 Å². The van der Waals surface area contributed by atoms with E-state index in [1.54, 1.807) is 20.9 Å². The average molecular weight is 161 g/mol. The van der Waals surface area contributed by atoms with Crippen LogP contribution in [0.4, 0.5) is 4.79 Å². The van der Waals surface area contributed by atoms with Gasteiger partial charge in [0.25, 0.3) is 0 Å². The van der Waals surface area contributed by atoms with E-state index in [1.807, 2.05) is 0 Å². The van der Waals surface area contributed by atoms with E-state index in [9.17, 15) is 4.79 Å². The fraction of sp³-hybridized carbons (Fsp3) is 0.857. The van der Waals surface area contributed by atoms with Gasteiger partial charge in [-0.05, 0) is 20.9 Å². The van der Waals surface area contributed by atoms with Crippen LogP contribution in [0, 0.1) is 0 Å². The van der Waals surface area contributed by atoms with Crippen LogP contribution in [0.1, 0.15) is 13.8 Å². The second kappa shape index (κ2) is 5.97. The molecule has 0 aliphatic carbocycles. The second-order valence-corrected chi connectivity index (χ2v) is 2.17. The topological polar surface area (TPSA) is 47.6 Å². The molecule has 11 heavy (non-hydrogen) atoms. The predicted molar refractivity (Wildman–Crippen MR) is 41.5 cm³/mol. The number of rotatable bonds is 4. The maximum absolute atomic E-state index is 10.7. The molecule has 4 heteroatoms. The number of ether oxygens (including phenoxy) is 2. The molecular formula is C7H15NO3. The minimum absolute atomic E-state index is 0.140. The van der Waals surface area contributed by atoms with E-state index >= 15 is 0 Å². The van der Waals surface area contributed by atoms with E-state index < -0.39 is 6.16 Å². The molecule has 1 unspecified atom stereocenters. The van der Waals surface area contributed by atoms with Crippen molar-refractivity contribution in [1.29, 1.82) is 0 Å². The Morgan fingerprint density at radius 2 is 2.27 bits per heavy atom. The van der Waals surface area contributed by atoms with Crippen molar-refractivity contribution in [2.45, 2.75) is 20.0 Å². The SMILES string of the molecule is CCOC(=O)OC(C)CNC. The molecule has 0 fully saturated rings. The summed E-state index contributed by atoms with van der Waals surface area (Å²) in [6.45, 7) is 4.53. The lowest BCUT2D eigenvalue weighted by Gasteiger charge is -2.11. The molecule has 0 aromatic heterocycles. The van der Waals surface area contributed by atoms with Crippen LogP contribution >= 0.6 is 0 Å². The van der Waals surface area contributed by atoms with Crippen molar-refractivity contribution in [3.8, 4) is 0 Å². The molecule has 0 aromatic rings. The van der Waals surface area contributed by atoms with Crippen LogP contribution in [0.25, 0.3) is 0 Å². The zero-order valence-corrected chi connectivity index (χ0v) is 7.22. The van der Waals surface area contributed by atoms with Gasteiger partial charge in [0.15, 0.2) is 0 Å². The third-order valence-electron chi connectivity index (χ3n) is 1.05. The molecule has 0 aliphatic rings. The van der Waals surface area contributed by atoms with Crippen molar-refractivity contribution in [3.05, 3.63) is 0 Å². The summed E-state index contributed by atoms with van der Waals surface area (Å²) in [4.78, 5) is 10.7. The van der Waals surface area contributed by atoms with Gasteiger partial charge in [0.2, 0.25) is 0 Å². The lowest BCUT2D eigenvalue weighted by molar-refractivity contribution is 0.0329. The Morgan fingerprint density at radius 1 is 1.64 bits per heavy atom. The van der Waals surface area contributed by atoms with Gasteiger partial charge in [0.05, 0.1) is 6.61 Å². The van der Waals surface area contributed by atoms with Crippen molar-refractivity contribution in [1.82, 2.24) is 5.32 Å². The highest BCUT2D eigenvalue weighted by molar-refractivity contribution is 5.59. The minimum atomic E-state index is -0.602. The molecular weight excluding hydrogens is 146 g/mol. The van der Waals surface area contributed by atoms with Crippen molar-refractivity contribution in [2.75, 3.05) is 20.2 Å².